The highest BCUT2D eigenvalue weighted by molar-refractivity contribution is 5.95. The Morgan fingerprint density at radius 3 is 2.31 bits per heavy atom. The molecule has 2 aromatic carbocycles. The second-order valence-electron chi connectivity index (χ2n) is 9.43. The predicted octanol–water partition coefficient (Wildman–Crippen LogP) is 5.10. The number of likely N-dealkylation sites (tertiary alicyclic amines) is 1. The van der Waals surface area contributed by atoms with Crippen molar-refractivity contribution in [1.82, 2.24) is 15.1 Å². The van der Waals surface area contributed by atoms with Gasteiger partial charge < -0.3 is 10.2 Å². The van der Waals surface area contributed by atoms with Crippen molar-refractivity contribution in [2.45, 2.75) is 43.4 Å². The topological polar surface area (TPSA) is 35.6 Å². The molecule has 0 spiro atoms. The minimum absolute atomic E-state index is 0.243. The summed E-state index contributed by atoms with van der Waals surface area (Å²) >= 11 is 0. The molecule has 2 aliphatic rings. The zero-order valence-electron chi connectivity index (χ0n) is 19.9. The van der Waals surface area contributed by atoms with Crippen LogP contribution in [0.1, 0.15) is 39.9 Å². The predicted molar refractivity (Wildman–Crippen MR) is 128 cm³/mol. The molecule has 0 radical (unpaired) electrons. The number of benzene rings is 2. The lowest BCUT2D eigenvalue weighted by atomic mass is 9.90. The van der Waals surface area contributed by atoms with Gasteiger partial charge in [-0.15, -0.1) is 0 Å². The van der Waals surface area contributed by atoms with Gasteiger partial charge in [-0.3, -0.25) is 9.69 Å². The van der Waals surface area contributed by atoms with Crippen molar-refractivity contribution in [3.05, 3.63) is 83.4 Å². The molecule has 0 bridgehead atoms. The molecule has 0 aliphatic carbocycles. The summed E-state index contributed by atoms with van der Waals surface area (Å²) in [6.45, 7) is 6.93. The number of hydrogen-bond acceptors (Lipinski definition) is 3. The summed E-state index contributed by atoms with van der Waals surface area (Å²) in [5.74, 6) is -4.36. The quantitative estimate of drug-likeness (QED) is 0.436. The smallest absolute Gasteiger partial charge is 0.335 e. The lowest BCUT2D eigenvalue weighted by molar-refractivity contribution is -0.137. The number of piperazine rings is 1. The first kappa shape index (κ1) is 26.3. The van der Waals surface area contributed by atoms with E-state index in [4.69, 9.17) is 0 Å². The van der Waals surface area contributed by atoms with Crippen LogP contribution in [-0.4, -0.2) is 60.5 Å². The van der Waals surface area contributed by atoms with Crippen LogP contribution >= 0.6 is 0 Å². The average molecular weight is 508 g/mol. The molecule has 194 valence electrons. The third-order valence-electron chi connectivity index (χ3n) is 7.08. The first-order valence-electron chi connectivity index (χ1n) is 12.1. The molecule has 4 rings (SSSR count). The second-order valence-corrected chi connectivity index (χ2v) is 9.43. The van der Waals surface area contributed by atoms with Gasteiger partial charge in [-0.2, -0.15) is 22.0 Å². The minimum atomic E-state index is -4.87. The SMILES string of the molecule is C=CC(F)(F)c1cc(C(=O)N2CCC(N3CCNCC3)CC2Cc2ccccc2)cc(C(F)(F)F)c1. The second kappa shape index (κ2) is 10.7. The number of allylic oxidation sites excluding steroid dienone is 1. The van der Waals surface area contributed by atoms with E-state index in [-0.39, 0.29) is 23.7 Å². The summed E-state index contributed by atoms with van der Waals surface area (Å²) < 4.78 is 69.4. The number of carbonyl (C=O) groups is 1. The largest absolute Gasteiger partial charge is 0.416 e. The van der Waals surface area contributed by atoms with Gasteiger partial charge in [-0.25, -0.2) is 0 Å². The third kappa shape index (κ3) is 5.95. The molecule has 2 aromatic rings. The number of halogens is 5. The number of alkyl halides is 5. The van der Waals surface area contributed by atoms with Gasteiger partial charge in [-0.05, 0) is 49.1 Å². The highest BCUT2D eigenvalue weighted by atomic mass is 19.4. The number of nitrogens with zero attached hydrogens (tertiary/aromatic N) is 2. The number of rotatable bonds is 6. The zero-order chi connectivity index (χ0) is 25.9. The van der Waals surface area contributed by atoms with Crippen molar-refractivity contribution in [2.75, 3.05) is 32.7 Å². The van der Waals surface area contributed by atoms with Crippen molar-refractivity contribution in [3.8, 4) is 0 Å². The van der Waals surface area contributed by atoms with Gasteiger partial charge in [0, 0.05) is 55.9 Å². The first-order valence-corrected chi connectivity index (χ1v) is 12.1. The molecule has 2 heterocycles. The van der Waals surface area contributed by atoms with Gasteiger partial charge in [0.1, 0.15) is 0 Å². The van der Waals surface area contributed by atoms with Gasteiger partial charge in [0.15, 0.2) is 0 Å². The maximum absolute atomic E-state index is 14.3. The molecule has 2 atom stereocenters. The van der Waals surface area contributed by atoms with Gasteiger partial charge >= 0.3 is 6.18 Å². The number of amides is 1. The van der Waals surface area contributed by atoms with E-state index in [0.717, 1.165) is 37.8 Å². The molecule has 4 nitrogen and oxygen atoms in total. The molecule has 2 fully saturated rings. The van der Waals surface area contributed by atoms with Crippen molar-refractivity contribution in [3.63, 3.8) is 0 Å². The van der Waals surface area contributed by atoms with Gasteiger partial charge in [-0.1, -0.05) is 36.9 Å². The summed E-state index contributed by atoms with van der Waals surface area (Å²) in [7, 11) is 0. The summed E-state index contributed by atoms with van der Waals surface area (Å²) in [5.41, 5.74) is -1.56. The number of hydrogen-bond donors (Lipinski definition) is 1. The molecule has 0 saturated carbocycles. The maximum Gasteiger partial charge on any atom is 0.416 e. The molecular formula is C27H30F5N3O. The molecule has 0 aromatic heterocycles. The summed E-state index contributed by atoms with van der Waals surface area (Å²) in [4.78, 5) is 17.6. The van der Waals surface area contributed by atoms with Crippen molar-refractivity contribution < 1.29 is 26.7 Å². The van der Waals surface area contributed by atoms with Crippen LogP contribution in [0.15, 0.2) is 61.2 Å². The van der Waals surface area contributed by atoms with E-state index < -0.39 is 29.1 Å². The van der Waals surface area contributed by atoms with E-state index >= 15 is 0 Å². The first-order chi connectivity index (χ1) is 17.1. The molecule has 2 saturated heterocycles. The van der Waals surface area contributed by atoms with E-state index in [1.807, 2.05) is 30.3 Å². The van der Waals surface area contributed by atoms with Crippen LogP contribution in [0.4, 0.5) is 22.0 Å². The molecule has 1 amide bonds. The van der Waals surface area contributed by atoms with Crippen LogP contribution in [0.2, 0.25) is 0 Å². The Labute approximate surface area is 207 Å². The van der Waals surface area contributed by atoms with Crippen molar-refractivity contribution in [2.24, 2.45) is 0 Å². The van der Waals surface area contributed by atoms with E-state index in [0.29, 0.717) is 37.9 Å². The van der Waals surface area contributed by atoms with Crippen LogP contribution in [0, 0.1) is 0 Å². The number of nitrogens with one attached hydrogen (secondary N) is 1. The zero-order valence-corrected chi connectivity index (χ0v) is 19.9. The van der Waals surface area contributed by atoms with Crippen LogP contribution in [-0.2, 0) is 18.5 Å². The fourth-order valence-electron chi connectivity index (χ4n) is 5.15. The Morgan fingerprint density at radius 2 is 1.67 bits per heavy atom. The maximum atomic E-state index is 14.3. The standard InChI is InChI=1S/C27H30F5N3O/c1-2-26(28,29)21-15-20(16-22(17-21)27(30,31)32)25(36)35-11-8-23(34-12-9-33-10-13-34)18-24(35)14-19-6-4-3-5-7-19/h2-7,15-17,23-24,33H,1,8-14,18H2. The highest BCUT2D eigenvalue weighted by Gasteiger charge is 2.39. The lowest BCUT2D eigenvalue weighted by Crippen LogP contribution is -2.56. The Hall–Kier alpha value is -2.78. The lowest BCUT2D eigenvalue weighted by Gasteiger charge is -2.45. The van der Waals surface area contributed by atoms with Crippen LogP contribution in [0.3, 0.4) is 0 Å². The molecule has 2 aliphatic heterocycles. The highest BCUT2D eigenvalue weighted by Crippen LogP contribution is 2.37. The fraction of sp³-hybridized carbons (Fsp3) is 0.444. The third-order valence-corrected chi connectivity index (χ3v) is 7.08. The number of piperidine rings is 1. The van der Waals surface area contributed by atoms with Crippen LogP contribution in [0.5, 0.6) is 0 Å². The Morgan fingerprint density at radius 1 is 1.00 bits per heavy atom. The minimum Gasteiger partial charge on any atom is -0.335 e. The van der Waals surface area contributed by atoms with Gasteiger partial charge in [0.05, 0.1) is 5.56 Å². The monoisotopic (exact) mass is 507 g/mol. The van der Waals surface area contributed by atoms with E-state index in [1.54, 1.807) is 4.90 Å². The normalized spacial score (nSPS) is 21.9. The fourth-order valence-corrected chi connectivity index (χ4v) is 5.15. The molecule has 2 unspecified atom stereocenters. The molecule has 9 heteroatoms. The molecule has 36 heavy (non-hydrogen) atoms. The molecule has 1 N–H and O–H groups in total. The molecular weight excluding hydrogens is 477 g/mol. The summed E-state index contributed by atoms with van der Waals surface area (Å²) in [6.07, 6.45) is -2.72. The number of carbonyl (C=O) groups excluding carboxylic acids is 1. The van der Waals surface area contributed by atoms with Gasteiger partial charge in [0.2, 0.25) is 0 Å². The van der Waals surface area contributed by atoms with Gasteiger partial charge in [0.25, 0.3) is 11.8 Å². The van der Waals surface area contributed by atoms with Crippen LogP contribution in [0.25, 0.3) is 0 Å². The van der Waals surface area contributed by atoms with Crippen molar-refractivity contribution >= 4 is 5.91 Å². The van der Waals surface area contributed by atoms with E-state index in [2.05, 4.69) is 16.8 Å². The Kier molecular flexibility index (Phi) is 7.80. The Bertz CT molecular complexity index is 1070. The summed E-state index contributed by atoms with van der Waals surface area (Å²) in [6, 6.07) is 11.5. The average Bonchev–Trinajstić information content (AvgIpc) is 2.88. The van der Waals surface area contributed by atoms with E-state index in [1.165, 1.54) is 0 Å². The van der Waals surface area contributed by atoms with Crippen molar-refractivity contribution in [1.29, 1.82) is 0 Å². The summed E-state index contributed by atoms with van der Waals surface area (Å²) in [5, 5.41) is 3.33. The van der Waals surface area contributed by atoms with E-state index in [9.17, 15) is 26.7 Å². The van der Waals surface area contributed by atoms with Crippen LogP contribution < -0.4 is 5.32 Å². The Balaban J connectivity index is 1.66.